The van der Waals surface area contributed by atoms with Crippen LogP contribution in [0.4, 0.5) is 5.69 Å². The second-order valence-electron chi connectivity index (χ2n) is 10.6. The number of nitrogens with one attached hydrogen (secondary N) is 1. The van der Waals surface area contributed by atoms with Crippen molar-refractivity contribution in [3.05, 3.63) is 129 Å². The minimum Gasteiger partial charge on any atom is -0.358 e. The SMILES string of the molecule is CC(C)(C1=CC=CC1)C1=N/C(=C(/c2ccc([N+](=O)[O-])cc2)c2ccc(C(C)(C)C3=CC=CC3)[nH]2)C=C1. The van der Waals surface area contributed by atoms with Gasteiger partial charge in [0.15, 0.2) is 0 Å². The summed E-state index contributed by atoms with van der Waals surface area (Å²) in [6.07, 6.45) is 19.0. The molecule has 0 atom stereocenters. The Hall–Kier alpha value is -3.99. The second kappa shape index (κ2) is 8.90. The summed E-state index contributed by atoms with van der Waals surface area (Å²) in [7, 11) is 0. The third-order valence-electron chi connectivity index (χ3n) is 7.68. The van der Waals surface area contributed by atoms with Gasteiger partial charge in [-0.05, 0) is 54.8 Å². The van der Waals surface area contributed by atoms with E-state index >= 15 is 0 Å². The summed E-state index contributed by atoms with van der Waals surface area (Å²) in [6, 6.07) is 11.0. The number of nitro groups is 1. The summed E-state index contributed by atoms with van der Waals surface area (Å²) in [4.78, 5) is 19.7. The number of aromatic amines is 1. The Bertz CT molecular complexity index is 1430. The van der Waals surface area contributed by atoms with Gasteiger partial charge in [0.25, 0.3) is 5.69 Å². The normalized spacial score (nSPS) is 18.5. The van der Waals surface area contributed by atoms with Crippen LogP contribution in [0.25, 0.3) is 5.57 Å². The van der Waals surface area contributed by atoms with Gasteiger partial charge in [0, 0.05) is 39.9 Å². The molecular formula is C31H31N3O2. The molecule has 2 aromatic rings. The molecule has 0 unspecified atom stereocenters. The van der Waals surface area contributed by atoms with Crippen LogP contribution in [-0.4, -0.2) is 15.6 Å². The summed E-state index contributed by atoms with van der Waals surface area (Å²) in [5, 5.41) is 11.3. The van der Waals surface area contributed by atoms with E-state index < -0.39 is 0 Å². The van der Waals surface area contributed by atoms with Crippen molar-refractivity contribution in [1.29, 1.82) is 0 Å². The van der Waals surface area contributed by atoms with Gasteiger partial charge in [0.2, 0.25) is 0 Å². The van der Waals surface area contributed by atoms with E-state index in [1.807, 2.05) is 12.1 Å². The molecule has 2 aliphatic carbocycles. The maximum atomic E-state index is 11.3. The van der Waals surface area contributed by atoms with E-state index in [2.05, 4.69) is 93.4 Å². The maximum absolute atomic E-state index is 11.3. The lowest BCUT2D eigenvalue weighted by Crippen LogP contribution is -2.23. The first-order chi connectivity index (χ1) is 17.2. The molecule has 0 bridgehead atoms. The number of benzene rings is 1. The lowest BCUT2D eigenvalue weighted by atomic mass is 9.79. The third kappa shape index (κ3) is 4.15. The molecule has 0 saturated carbocycles. The van der Waals surface area contributed by atoms with Crippen molar-refractivity contribution in [3.63, 3.8) is 0 Å². The fourth-order valence-electron chi connectivity index (χ4n) is 5.11. The van der Waals surface area contributed by atoms with Crippen LogP contribution in [0.5, 0.6) is 0 Å². The highest BCUT2D eigenvalue weighted by Gasteiger charge is 2.32. The van der Waals surface area contributed by atoms with Gasteiger partial charge in [-0.3, -0.25) is 15.1 Å². The van der Waals surface area contributed by atoms with Gasteiger partial charge in [-0.2, -0.15) is 0 Å². The van der Waals surface area contributed by atoms with Gasteiger partial charge < -0.3 is 4.98 Å². The fourth-order valence-corrected chi connectivity index (χ4v) is 5.11. The number of hydrogen-bond acceptors (Lipinski definition) is 3. The van der Waals surface area contributed by atoms with Crippen LogP contribution in [0.3, 0.4) is 0 Å². The number of hydrogen-bond donors (Lipinski definition) is 1. The summed E-state index contributed by atoms with van der Waals surface area (Å²) in [5.41, 5.74) is 8.21. The molecule has 1 aliphatic heterocycles. The van der Waals surface area contributed by atoms with Gasteiger partial charge in [-0.15, -0.1) is 0 Å². The quantitative estimate of drug-likeness (QED) is 0.327. The molecule has 1 aromatic carbocycles. The summed E-state index contributed by atoms with van der Waals surface area (Å²) >= 11 is 0. The molecule has 0 fully saturated rings. The molecule has 182 valence electrons. The van der Waals surface area contributed by atoms with Crippen molar-refractivity contribution in [3.8, 4) is 0 Å². The number of nitrogens with zero attached hydrogens (tertiary/aromatic N) is 2. The first-order valence-electron chi connectivity index (χ1n) is 12.4. The standard InChI is InChI=1S/C31H31N3O2/c1-30(2,22-9-5-6-10-22)27-19-17-25(32-27)29(21-13-15-24(16-14-21)34(35)36)26-18-20-28(33-26)31(3,4)23-11-7-8-12-23/h5-9,11,13-20,32H,10,12H2,1-4H3/b29-26-. The Morgan fingerprint density at radius 1 is 0.889 bits per heavy atom. The molecule has 1 aromatic heterocycles. The first kappa shape index (κ1) is 23.7. The van der Waals surface area contributed by atoms with E-state index in [0.717, 1.165) is 46.8 Å². The molecule has 0 amide bonds. The van der Waals surface area contributed by atoms with E-state index in [4.69, 9.17) is 4.99 Å². The number of allylic oxidation sites excluding steroid dienone is 10. The van der Waals surface area contributed by atoms with E-state index in [1.54, 1.807) is 12.1 Å². The predicted octanol–water partition coefficient (Wildman–Crippen LogP) is 7.77. The van der Waals surface area contributed by atoms with Gasteiger partial charge in [-0.25, -0.2) is 0 Å². The summed E-state index contributed by atoms with van der Waals surface area (Å²) < 4.78 is 0. The van der Waals surface area contributed by atoms with Crippen LogP contribution in [0.1, 0.15) is 57.5 Å². The number of aliphatic imine (C=N–C) groups is 1. The molecule has 2 heterocycles. The molecule has 5 rings (SSSR count). The molecule has 5 heteroatoms. The van der Waals surface area contributed by atoms with Gasteiger partial charge in [-0.1, -0.05) is 75.3 Å². The number of aromatic nitrogens is 1. The number of H-pyrrole nitrogens is 1. The van der Waals surface area contributed by atoms with Crippen molar-refractivity contribution in [2.24, 2.45) is 10.4 Å². The molecule has 1 N–H and O–H groups in total. The zero-order valence-corrected chi connectivity index (χ0v) is 21.2. The zero-order chi connectivity index (χ0) is 25.5. The molecule has 5 nitrogen and oxygen atoms in total. The highest BCUT2D eigenvalue weighted by Crippen LogP contribution is 2.40. The highest BCUT2D eigenvalue weighted by atomic mass is 16.6. The van der Waals surface area contributed by atoms with E-state index in [-0.39, 0.29) is 21.4 Å². The smallest absolute Gasteiger partial charge is 0.269 e. The lowest BCUT2D eigenvalue weighted by molar-refractivity contribution is -0.384. The number of non-ortho nitro benzene ring substituents is 1. The van der Waals surface area contributed by atoms with Crippen molar-refractivity contribution in [2.75, 3.05) is 0 Å². The van der Waals surface area contributed by atoms with E-state index in [1.165, 1.54) is 11.1 Å². The minimum atomic E-state index is -0.368. The van der Waals surface area contributed by atoms with Crippen LogP contribution in [-0.2, 0) is 5.41 Å². The van der Waals surface area contributed by atoms with Crippen molar-refractivity contribution in [2.45, 2.75) is 46.0 Å². The highest BCUT2D eigenvalue weighted by molar-refractivity contribution is 6.06. The average Bonchev–Trinajstić information content (AvgIpc) is 3.66. The van der Waals surface area contributed by atoms with Crippen LogP contribution >= 0.6 is 0 Å². The Kier molecular flexibility index (Phi) is 5.87. The lowest BCUT2D eigenvalue weighted by Gasteiger charge is -2.26. The Labute approximate surface area is 212 Å². The van der Waals surface area contributed by atoms with Crippen molar-refractivity contribution < 1.29 is 4.92 Å². The monoisotopic (exact) mass is 477 g/mol. The maximum Gasteiger partial charge on any atom is 0.269 e. The molecule has 0 radical (unpaired) electrons. The number of rotatable bonds is 7. The largest absolute Gasteiger partial charge is 0.358 e. The van der Waals surface area contributed by atoms with Gasteiger partial charge in [0.05, 0.1) is 16.3 Å². The van der Waals surface area contributed by atoms with Crippen LogP contribution < -0.4 is 0 Å². The molecular weight excluding hydrogens is 446 g/mol. The van der Waals surface area contributed by atoms with E-state index in [0.29, 0.717) is 0 Å². The van der Waals surface area contributed by atoms with Crippen molar-refractivity contribution >= 4 is 17.0 Å². The topological polar surface area (TPSA) is 71.3 Å². The van der Waals surface area contributed by atoms with Crippen LogP contribution in [0.15, 0.2) is 107 Å². The zero-order valence-electron chi connectivity index (χ0n) is 21.2. The summed E-state index contributed by atoms with van der Waals surface area (Å²) in [6.45, 7) is 8.89. The predicted molar refractivity (Wildman–Crippen MR) is 147 cm³/mol. The average molecular weight is 478 g/mol. The van der Waals surface area contributed by atoms with Crippen LogP contribution in [0, 0.1) is 15.5 Å². The second-order valence-corrected chi connectivity index (χ2v) is 10.6. The summed E-state index contributed by atoms with van der Waals surface area (Å²) in [5.74, 6) is 0. The van der Waals surface area contributed by atoms with Crippen molar-refractivity contribution in [1.82, 2.24) is 4.98 Å². The van der Waals surface area contributed by atoms with Gasteiger partial charge >= 0.3 is 0 Å². The molecule has 0 saturated heterocycles. The molecule has 36 heavy (non-hydrogen) atoms. The minimum absolute atomic E-state index is 0.0741. The van der Waals surface area contributed by atoms with Gasteiger partial charge in [0.1, 0.15) is 0 Å². The Balaban J connectivity index is 1.60. The molecule has 0 spiro atoms. The van der Waals surface area contributed by atoms with E-state index in [9.17, 15) is 10.1 Å². The Morgan fingerprint density at radius 2 is 1.53 bits per heavy atom. The fraction of sp³-hybridized carbons (Fsp3) is 0.258. The number of nitro benzene ring substituents is 1. The third-order valence-corrected chi connectivity index (χ3v) is 7.68. The first-order valence-corrected chi connectivity index (χ1v) is 12.4. The Morgan fingerprint density at radius 3 is 2.11 bits per heavy atom. The molecule has 3 aliphatic rings. The van der Waals surface area contributed by atoms with Crippen LogP contribution in [0.2, 0.25) is 0 Å².